The molecule has 2 amide bonds. The van der Waals surface area contributed by atoms with Crippen LogP contribution in [0, 0.1) is 19.8 Å². The molecule has 0 saturated heterocycles. The average Bonchev–Trinajstić information content (AvgIpc) is 3.19. The second kappa shape index (κ2) is 7.48. The minimum atomic E-state index is -0.226. The van der Waals surface area contributed by atoms with Crippen molar-refractivity contribution in [3.63, 3.8) is 0 Å². The number of aliphatic hydroxyl groups is 1. The number of carbonyl (C=O) groups is 1. The number of aliphatic hydroxyl groups excluding tert-OH is 1. The van der Waals surface area contributed by atoms with Crippen molar-refractivity contribution in [3.05, 3.63) is 53.5 Å². The summed E-state index contributed by atoms with van der Waals surface area (Å²) in [6.07, 6.45) is 6.34. The van der Waals surface area contributed by atoms with Crippen molar-refractivity contribution >= 4 is 6.03 Å². The largest absolute Gasteiger partial charge is 0.396 e. The quantitative estimate of drug-likeness (QED) is 0.721. The highest BCUT2D eigenvalue weighted by atomic mass is 16.3. The van der Waals surface area contributed by atoms with Crippen LogP contribution in [0.5, 0.6) is 0 Å². The van der Waals surface area contributed by atoms with E-state index in [0.717, 1.165) is 29.2 Å². The van der Waals surface area contributed by atoms with Crippen molar-refractivity contribution in [1.29, 1.82) is 0 Å². The molecule has 25 heavy (non-hydrogen) atoms. The first kappa shape index (κ1) is 17.2. The van der Waals surface area contributed by atoms with Crippen LogP contribution >= 0.6 is 0 Å². The average molecular weight is 341 g/mol. The lowest BCUT2D eigenvalue weighted by atomic mass is 10.1. The molecule has 7 heteroatoms. The molecule has 2 aromatic rings. The Bertz CT molecular complexity index is 766. The van der Waals surface area contributed by atoms with E-state index in [0.29, 0.717) is 6.54 Å². The van der Waals surface area contributed by atoms with E-state index in [1.807, 2.05) is 44.2 Å². The van der Waals surface area contributed by atoms with Gasteiger partial charge in [0.2, 0.25) is 0 Å². The van der Waals surface area contributed by atoms with Crippen molar-refractivity contribution in [3.8, 4) is 5.82 Å². The summed E-state index contributed by atoms with van der Waals surface area (Å²) in [6, 6.07) is 5.57. The third-order valence-corrected chi connectivity index (χ3v) is 4.21. The molecule has 2 aromatic heterocycles. The van der Waals surface area contributed by atoms with Gasteiger partial charge in [-0.15, -0.1) is 0 Å². The number of aromatic nitrogens is 3. The molecule has 0 aliphatic heterocycles. The SMILES string of the molecule is Cc1cc(C)n(-c2ccc(CNC(=O)N[C@@H]3C=C[C@H](CO)C3)cn2)n1. The van der Waals surface area contributed by atoms with E-state index >= 15 is 0 Å². The zero-order valence-corrected chi connectivity index (χ0v) is 14.4. The monoisotopic (exact) mass is 341 g/mol. The fourth-order valence-corrected chi connectivity index (χ4v) is 2.93. The number of amides is 2. The third kappa shape index (κ3) is 4.24. The van der Waals surface area contributed by atoms with Crippen LogP contribution in [0.15, 0.2) is 36.5 Å². The molecule has 1 aliphatic rings. The maximum atomic E-state index is 12.0. The predicted molar refractivity (Wildman–Crippen MR) is 94.3 cm³/mol. The zero-order valence-electron chi connectivity index (χ0n) is 14.4. The number of hydrogen-bond donors (Lipinski definition) is 3. The first-order valence-corrected chi connectivity index (χ1v) is 8.37. The maximum Gasteiger partial charge on any atom is 0.315 e. The minimum absolute atomic E-state index is 0.0244. The number of pyridine rings is 1. The maximum absolute atomic E-state index is 12.0. The summed E-state index contributed by atoms with van der Waals surface area (Å²) >= 11 is 0. The minimum Gasteiger partial charge on any atom is -0.396 e. The molecule has 7 nitrogen and oxygen atoms in total. The molecular weight excluding hydrogens is 318 g/mol. The molecule has 0 unspecified atom stereocenters. The summed E-state index contributed by atoms with van der Waals surface area (Å²) in [7, 11) is 0. The van der Waals surface area contributed by atoms with Gasteiger partial charge in [0.1, 0.15) is 0 Å². The van der Waals surface area contributed by atoms with E-state index in [9.17, 15) is 4.79 Å². The van der Waals surface area contributed by atoms with Gasteiger partial charge in [-0.3, -0.25) is 0 Å². The number of hydrogen-bond acceptors (Lipinski definition) is 4. The van der Waals surface area contributed by atoms with Gasteiger partial charge >= 0.3 is 6.03 Å². The standard InChI is InChI=1S/C18H23N5O2/c1-12-7-13(2)23(22-12)17-6-4-15(9-19-17)10-20-18(25)21-16-5-3-14(8-16)11-24/h3-7,9,14,16,24H,8,10-11H2,1-2H3,(H2,20,21,25)/t14-,16+/m0/s1. The second-order valence-electron chi connectivity index (χ2n) is 6.36. The molecule has 3 rings (SSSR count). The normalized spacial score (nSPS) is 19.2. The molecule has 1 aliphatic carbocycles. The lowest BCUT2D eigenvalue weighted by molar-refractivity contribution is 0.231. The van der Waals surface area contributed by atoms with Gasteiger partial charge in [0, 0.05) is 37.0 Å². The van der Waals surface area contributed by atoms with Crippen molar-refractivity contribution < 1.29 is 9.90 Å². The smallest absolute Gasteiger partial charge is 0.315 e. The van der Waals surface area contributed by atoms with E-state index in [1.165, 1.54) is 0 Å². The molecule has 0 saturated carbocycles. The number of rotatable bonds is 5. The third-order valence-electron chi connectivity index (χ3n) is 4.21. The highest BCUT2D eigenvalue weighted by Crippen LogP contribution is 2.16. The lowest BCUT2D eigenvalue weighted by Crippen LogP contribution is -2.40. The molecule has 132 valence electrons. The fourth-order valence-electron chi connectivity index (χ4n) is 2.93. The molecular formula is C18H23N5O2. The van der Waals surface area contributed by atoms with Gasteiger partial charge in [-0.2, -0.15) is 5.10 Å². The Morgan fingerprint density at radius 2 is 2.20 bits per heavy atom. The molecule has 2 heterocycles. The van der Waals surface area contributed by atoms with Crippen LogP contribution in [0.25, 0.3) is 5.82 Å². The van der Waals surface area contributed by atoms with Crippen LogP contribution in [0.3, 0.4) is 0 Å². The summed E-state index contributed by atoms with van der Waals surface area (Å²) < 4.78 is 1.79. The Labute approximate surface area is 146 Å². The topological polar surface area (TPSA) is 92.1 Å². The van der Waals surface area contributed by atoms with Gasteiger partial charge in [-0.1, -0.05) is 18.2 Å². The lowest BCUT2D eigenvalue weighted by Gasteiger charge is -2.13. The van der Waals surface area contributed by atoms with Gasteiger partial charge in [0.25, 0.3) is 0 Å². The Hall–Kier alpha value is -2.67. The van der Waals surface area contributed by atoms with E-state index in [2.05, 4.69) is 20.7 Å². The van der Waals surface area contributed by atoms with Crippen molar-refractivity contribution in [2.24, 2.45) is 5.92 Å². The zero-order chi connectivity index (χ0) is 17.8. The Morgan fingerprint density at radius 3 is 2.80 bits per heavy atom. The van der Waals surface area contributed by atoms with Gasteiger partial charge in [-0.05, 0) is 38.0 Å². The van der Waals surface area contributed by atoms with E-state index in [1.54, 1.807) is 10.9 Å². The van der Waals surface area contributed by atoms with Gasteiger partial charge in [0.05, 0.1) is 5.69 Å². The summed E-state index contributed by atoms with van der Waals surface area (Å²) in [5.74, 6) is 0.890. The molecule has 0 fully saturated rings. The van der Waals surface area contributed by atoms with Crippen LogP contribution in [-0.2, 0) is 6.54 Å². The van der Waals surface area contributed by atoms with Gasteiger partial charge in [0.15, 0.2) is 5.82 Å². The Kier molecular flexibility index (Phi) is 5.14. The van der Waals surface area contributed by atoms with E-state index in [-0.39, 0.29) is 24.6 Å². The summed E-state index contributed by atoms with van der Waals surface area (Å²) in [5.41, 5.74) is 2.89. The number of nitrogens with zero attached hydrogens (tertiary/aromatic N) is 3. The Morgan fingerprint density at radius 1 is 1.36 bits per heavy atom. The van der Waals surface area contributed by atoms with Gasteiger partial charge < -0.3 is 15.7 Å². The second-order valence-corrected chi connectivity index (χ2v) is 6.36. The van der Waals surface area contributed by atoms with Crippen LogP contribution in [0.1, 0.15) is 23.4 Å². The number of urea groups is 1. The number of carbonyl (C=O) groups excluding carboxylic acids is 1. The van der Waals surface area contributed by atoms with Crippen molar-refractivity contribution in [2.75, 3.05) is 6.61 Å². The molecule has 0 spiro atoms. The van der Waals surface area contributed by atoms with Crippen molar-refractivity contribution in [1.82, 2.24) is 25.4 Å². The summed E-state index contributed by atoms with van der Waals surface area (Å²) in [6.45, 7) is 4.45. The number of aryl methyl sites for hydroxylation is 2. The van der Waals surface area contributed by atoms with Gasteiger partial charge in [-0.25, -0.2) is 14.5 Å². The first-order chi connectivity index (χ1) is 12.0. The molecule has 0 radical (unpaired) electrons. The van der Waals surface area contributed by atoms with Crippen molar-refractivity contribution in [2.45, 2.75) is 32.9 Å². The molecule has 0 aromatic carbocycles. The first-order valence-electron chi connectivity index (χ1n) is 8.37. The van der Waals surface area contributed by atoms with Crippen LogP contribution in [0.4, 0.5) is 4.79 Å². The molecule has 2 atom stereocenters. The van der Waals surface area contributed by atoms with Crippen LogP contribution in [0.2, 0.25) is 0 Å². The Balaban J connectivity index is 1.51. The predicted octanol–water partition coefficient (Wildman–Crippen LogP) is 1.62. The van der Waals surface area contributed by atoms with E-state index < -0.39 is 0 Å². The fraction of sp³-hybridized carbons (Fsp3) is 0.389. The van der Waals surface area contributed by atoms with Crippen LogP contribution < -0.4 is 10.6 Å². The van der Waals surface area contributed by atoms with E-state index in [4.69, 9.17) is 5.11 Å². The number of nitrogens with one attached hydrogen (secondary N) is 2. The highest BCUT2D eigenvalue weighted by Gasteiger charge is 2.19. The summed E-state index contributed by atoms with van der Waals surface area (Å²) in [5, 5.41) is 19.2. The molecule has 0 bridgehead atoms. The van der Waals surface area contributed by atoms with Crippen LogP contribution in [-0.4, -0.2) is 38.6 Å². The molecule has 3 N–H and O–H groups in total. The highest BCUT2D eigenvalue weighted by molar-refractivity contribution is 5.74. The summed E-state index contributed by atoms with van der Waals surface area (Å²) in [4.78, 5) is 16.4.